The van der Waals surface area contributed by atoms with Gasteiger partial charge in [-0.2, -0.15) is 0 Å². The molecule has 90 valence electrons. The number of nitrogens with one attached hydrogen (secondary N) is 1. The molecule has 0 aromatic carbocycles. The van der Waals surface area contributed by atoms with Gasteiger partial charge in [0.05, 0.1) is 5.39 Å². The molecule has 0 aliphatic heterocycles. The fourth-order valence-electron chi connectivity index (χ4n) is 2.41. The Labute approximate surface area is 102 Å². The highest BCUT2D eigenvalue weighted by Crippen LogP contribution is 2.33. The molecule has 1 aliphatic carbocycles. The van der Waals surface area contributed by atoms with E-state index in [0.29, 0.717) is 5.95 Å². The first-order chi connectivity index (χ1) is 8.22. The number of nitrogens with two attached hydrogens (primary N) is 1. The minimum Gasteiger partial charge on any atom is -0.294 e. The zero-order valence-corrected chi connectivity index (χ0v) is 10.4. The number of hydrogen-bond donors (Lipinski definition) is 2. The lowest BCUT2D eigenvalue weighted by atomic mass is 9.97. The summed E-state index contributed by atoms with van der Waals surface area (Å²) in [6.07, 6.45) is 4.45. The summed E-state index contributed by atoms with van der Waals surface area (Å²) >= 11 is 1.63. The summed E-state index contributed by atoms with van der Waals surface area (Å²) in [5, 5.41) is 0.797. The molecule has 0 fully saturated rings. The van der Waals surface area contributed by atoms with Crippen LogP contribution in [0.1, 0.15) is 23.3 Å². The lowest BCUT2D eigenvalue weighted by Crippen LogP contribution is -2.24. The molecule has 0 bridgehead atoms. The molecule has 0 saturated carbocycles. The Morgan fingerprint density at radius 2 is 2.18 bits per heavy atom. The van der Waals surface area contributed by atoms with Crippen molar-refractivity contribution in [2.24, 2.45) is 12.9 Å². The highest BCUT2D eigenvalue weighted by atomic mass is 32.1. The van der Waals surface area contributed by atoms with Crippen molar-refractivity contribution in [3.63, 3.8) is 0 Å². The van der Waals surface area contributed by atoms with Gasteiger partial charge < -0.3 is 0 Å². The molecular weight excluding hydrogens is 236 g/mol. The second-order valence-corrected chi connectivity index (χ2v) is 5.42. The van der Waals surface area contributed by atoms with Crippen LogP contribution in [0.5, 0.6) is 0 Å². The Morgan fingerprint density at radius 1 is 1.41 bits per heavy atom. The van der Waals surface area contributed by atoms with E-state index in [-0.39, 0.29) is 5.56 Å². The van der Waals surface area contributed by atoms with Crippen LogP contribution < -0.4 is 16.8 Å². The maximum Gasteiger partial charge on any atom is 0.263 e. The van der Waals surface area contributed by atoms with Gasteiger partial charge in [-0.1, -0.05) is 0 Å². The average Bonchev–Trinajstić information content (AvgIpc) is 2.72. The number of aromatic nitrogens is 2. The lowest BCUT2D eigenvalue weighted by molar-refractivity contribution is 0.699. The number of nitrogens with zero attached hydrogens (tertiary/aromatic N) is 2. The summed E-state index contributed by atoms with van der Waals surface area (Å²) in [6.45, 7) is 0. The van der Waals surface area contributed by atoms with Crippen LogP contribution in [0.2, 0.25) is 0 Å². The van der Waals surface area contributed by atoms with Gasteiger partial charge in [-0.05, 0) is 31.2 Å². The predicted octanol–water partition coefficient (Wildman–Crippen LogP) is 1.16. The van der Waals surface area contributed by atoms with Crippen molar-refractivity contribution >= 4 is 27.5 Å². The molecule has 0 atom stereocenters. The Kier molecular flexibility index (Phi) is 2.41. The molecule has 17 heavy (non-hydrogen) atoms. The van der Waals surface area contributed by atoms with Gasteiger partial charge in [0, 0.05) is 11.9 Å². The first-order valence-electron chi connectivity index (χ1n) is 5.70. The SMILES string of the molecule is Cn1c(NN)nc2sc3c(c2c1=O)CCCC3. The monoisotopic (exact) mass is 250 g/mol. The van der Waals surface area contributed by atoms with E-state index in [1.165, 1.54) is 27.8 Å². The quantitative estimate of drug-likeness (QED) is 0.588. The number of anilines is 1. The van der Waals surface area contributed by atoms with Crippen LogP contribution in [0.15, 0.2) is 4.79 Å². The van der Waals surface area contributed by atoms with Crippen LogP contribution in [-0.2, 0) is 19.9 Å². The van der Waals surface area contributed by atoms with Gasteiger partial charge in [0.2, 0.25) is 5.95 Å². The summed E-state index contributed by atoms with van der Waals surface area (Å²) in [6, 6.07) is 0. The van der Waals surface area contributed by atoms with E-state index in [4.69, 9.17) is 5.84 Å². The second-order valence-electron chi connectivity index (χ2n) is 4.33. The molecule has 2 heterocycles. The van der Waals surface area contributed by atoms with E-state index in [1.54, 1.807) is 18.4 Å². The van der Waals surface area contributed by atoms with E-state index in [9.17, 15) is 4.79 Å². The van der Waals surface area contributed by atoms with Crippen molar-refractivity contribution in [1.29, 1.82) is 0 Å². The molecule has 0 radical (unpaired) electrons. The number of hydrogen-bond acceptors (Lipinski definition) is 5. The van der Waals surface area contributed by atoms with Crippen LogP contribution >= 0.6 is 11.3 Å². The summed E-state index contributed by atoms with van der Waals surface area (Å²) in [4.78, 5) is 18.8. The topological polar surface area (TPSA) is 72.9 Å². The molecule has 3 rings (SSSR count). The minimum atomic E-state index is 0.00218. The normalized spacial score (nSPS) is 14.9. The smallest absolute Gasteiger partial charge is 0.263 e. The summed E-state index contributed by atoms with van der Waals surface area (Å²) < 4.78 is 1.48. The number of thiophene rings is 1. The van der Waals surface area contributed by atoms with Gasteiger partial charge in [-0.25, -0.2) is 10.8 Å². The van der Waals surface area contributed by atoms with Crippen LogP contribution in [0.4, 0.5) is 5.95 Å². The summed E-state index contributed by atoms with van der Waals surface area (Å²) in [5.41, 5.74) is 3.68. The van der Waals surface area contributed by atoms with E-state index in [1.807, 2.05) is 0 Å². The van der Waals surface area contributed by atoms with Crippen LogP contribution in [0.25, 0.3) is 10.2 Å². The molecule has 0 spiro atoms. The van der Waals surface area contributed by atoms with Gasteiger partial charge in [-0.15, -0.1) is 11.3 Å². The largest absolute Gasteiger partial charge is 0.294 e. The van der Waals surface area contributed by atoms with Crippen molar-refractivity contribution in [1.82, 2.24) is 9.55 Å². The fraction of sp³-hybridized carbons (Fsp3) is 0.455. The maximum absolute atomic E-state index is 12.3. The Morgan fingerprint density at radius 3 is 2.94 bits per heavy atom. The molecular formula is C11H14N4OS. The molecule has 5 nitrogen and oxygen atoms in total. The molecule has 0 saturated heterocycles. The first-order valence-corrected chi connectivity index (χ1v) is 6.52. The number of fused-ring (bicyclic) bond motifs is 3. The minimum absolute atomic E-state index is 0.00218. The number of nitrogen functional groups attached to an aromatic ring is 1. The van der Waals surface area contributed by atoms with Crippen molar-refractivity contribution in [2.45, 2.75) is 25.7 Å². The number of hydrazine groups is 1. The summed E-state index contributed by atoms with van der Waals surface area (Å²) in [5.74, 6) is 5.78. The highest BCUT2D eigenvalue weighted by molar-refractivity contribution is 7.18. The lowest BCUT2D eigenvalue weighted by Gasteiger charge is -2.10. The summed E-state index contributed by atoms with van der Waals surface area (Å²) in [7, 11) is 1.69. The molecule has 0 unspecified atom stereocenters. The van der Waals surface area contributed by atoms with Crippen molar-refractivity contribution in [2.75, 3.05) is 5.43 Å². The third-order valence-corrected chi connectivity index (χ3v) is 4.51. The number of aryl methyl sites for hydroxylation is 2. The number of rotatable bonds is 1. The molecule has 2 aromatic rings. The third-order valence-electron chi connectivity index (χ3n) is 3.33. The van der Waals surface area contributed by atoms with Crippen LogP contribution in [0.3, 0.4) is 0 Å². The van der Waals surface area contributed by atoms with Gasteiger partial charge in [0.1, 0.15) is 4.83 Å². The van der Waals surface area contributed by atoms with Crippen molar-refractivity contribution in [3.05, 3.63) is 20.8 Å². The second kappa shape index (κ2) is 3.82. The molecule has 3 N–H and O–H groups in total. The molecule has 2 aromatic heterocycles. The predicted molar refractivity (Wildman–Crippen MR) is 69.3 cm³/mol. The molecule has 1 aliphatic rings. The van der Waals surface area contributed by atoms with Crippen molar-refractivity contribution < 1.29 is 0 Å². The van der Waals surface area contributed by atoms with Gasteiger partial charge >= 0.3 is 0 Å². The zero-order chi connectivity index (χ0) is 12.0. The molecule has 6 heteroatoms. The first kappa shape index (κ1) is 10.7. The van der Waals surface area contributed by atoms with Crippen LogP contribution in [-0.4, -0.2) is 9.55 Å². The van der Waals surface area contributed by atoms with Gasteiger partial charge in [0.25, 0.3) is 5.56 Å². The van der Waals surface area contributed by atoms with Crippen LogP contribution in [0, 0.1) is 0 Å². The Balaban J connectivity index is 2.39. The third kappa shape index (κ3) is 1.48. The Bertz CT molecular complexity index is 643. The molecule has 0 amide bonds. The maximum atomic E-state index is 12.3. The zero-order valence-electron chi connectivity index (χ0n) is 9.62. The van der Waals surface area contributed by atoms with Crippen molar-refractivity contribution in [3.8, 4) is 0 Å². The van der Waals surface area contributed by atoms with Gasteiger partial charge in [0.15, 0.2) is 0 Å². The van der Waals surface area contributed by atoms with E-state index in [0.717, 1.165) is 23.1 Å². The average molecular weight is 250 g/mol. The highest BCUT2D eigenvalue weighted by Gasteiger charge is 2.20. The van der Waals surface area contributed by atoms with Gasteiger partial charge in [-0.3, -0.25) is 14.8 Å². The Hall–Kier alpha value is -1.40. The standard InChI is InChI=1S/C11H14N4OS/c1-15-10(16)8-6-4-2-3-5-7(6)17-9(8)13-11(15)14-12/h2-5,12H2,1H3,(H,13,14). The van der Waals surface area contributed by atoms with E-state index >= 15 is 0 Å². The van der Waals surface area contributed by atoms with E-state index in [2.05, 4.69) is 10.4 Å². The fourth-order valence-corrected chi connectivity index (χ4v) is 3.67. The van der Waals surface area contributed by atoms with E-state index < -0.39 is 0 Å².